The van der Waals surface area contributed by atoms with Crippen molar-refractivity contribution in [3.8, 4) is 33.4 Å². The van der Waals surface area contributed by atoms with Crippen molar-refractivity contribution in [3.63, 3.8) is 0 Å². The van der Waals surface area contributed by atoms with E-state index in [-0.39, 0.29) is 0 Å². The predicted molar refractivity (Wildman–Crippen MR) is 126 cm³/mol. The van der Waals surface area contributed by atoms with Crippen molar-refractivity contribution >= 4 is 17.0 Å². The Bertz CT molecular complexity index is 1100. The van der Waals surface area contributed by atoms with Crippen molar-refractivity contribution in [1.29, 1.82) is 0 Å². The van der Waals surface area contributed by atoms with Gasteiger partial charge in [0, 0.05) is 6.42 Å². The van der Waals surface area contributed by atoms with Crippen LogP contribution in [0.2, 0.25) is 0 Å². The van der Waals surface area contributed by atoms with Crippen molar-refractivity contribution in [1.82, 2.24) is 0 Å². The molecule has 4 aromatic carbocycles. The first-order valence-electron chi connectivity index (χ1n) is 9.84. The van der Waals surface area contributed by atoms with Crippen LogP contribution in [-0.4, -0.2) is 0 Å². The number of rotatable bonds is 2. The minimum atomic E-state index is -0.826. The second kappa shape index (κ2) is 9.65. The third-order valence-electron chi connectivity index (χ3n) is 5.62. The van der Waals surface area contributed by atoms with E-state index in [1.807, 2.05) is 0 Å². The van der Waals surface area contributed by atoms with Gasteiger partial charge in [-0.3, -0.25) is 0 Å². The Morgan fingerprint density at radius 3 is 1.33 bits per heavy atom. The van der Waals surface area contributed by atoms with E-state index in [1.54, 1.807) is 0 Å². The molecule has 0 spiro atoms. The van der Waals surface area contributed by atoms with Gasteiger partial charge in [0.15, 0.2) is 0 Å². The van der Waals surface area contributed by atoms with E-state index < -0.39 is 20.8 Å². The summed E-state index contributed by atoms with van der Waals surface area (Å²) in [5, 5.41) is 0. The molecule has 147 valence electrons. The topological polar surface area (TPSA) is 0 Å². The van der Waals surface area contributed by atoms with Crippen LogP contribution >= 0.6 is 17.0 Å². The van der Waals surface area contributed by atoms with Crippen molar-refractivity contribution in [2.75, 3.05) is 0 Å². The van der Waals surface area contributed by atoms with Gasteiger partial charge in [0.05, 0.1) is 0 Å². The van der Waals surface area contributed by atoms with E-state index in [2.05, 4.69) is 105 Å². The Labute approximate surface area is 197 Å². The van der Waals surface area contributed by atoms with E-state index in [9.17, 15) is 0 Å². The van der Waals surface area contributed by atoms with Gasteiger partial charge < -0.3 is 0 Å². The average Bonchev–Trinajstić information content (AvgIpc) is 3.12. The normalized spacial score (nSPS) is 11.2. The number of hydrogen-bond acceptors (Lipinski definition) is 0. The molecule has 0 saturated heterocycles. The first-order valence-corrected chi connectivity index (χ1v) is 16.2. The fourth-order valence-corrected chi connectivity index (χ4v) is 4.15. The Morgan fingerprint density at radius 2 is 0.933 bits per heavy atom. The molecule has 5 rings (SSSR count). The van der Waals surface area contributed by atoms with Crippen molar-refractivity contribution in [2.45, 2.75) is 13.8 Å². The molecule has 0 saturated carbocycles. The molecule has 4 aromatic rings. The zero-order valence-electron chi connectivity index (χ0n) is 16.9. The fraction of sp³-hybridized carbons (Fsp3) is 0.0741. The molecule has 1 radical (unpaired) electrons. The average molecular weight is 508 g/mol. The molecule has 0 fully saturated rings. The van der Waals surface area contributed by atoms with Crippen molar-refractivity contribution in [2.24, 2.45) is 0 Å². The summed E-state index contributed by atoms with van der Waals surface area (Å²) in [6.07, 6.45) is 2.33. The summed E-state index contributed by atoms with van der Waals surface area (Å²) in [6.45, 7) is 4.35. The third-order valence-corrected chi connectivity index (χ3v) is 5.62. The number of aryl methyl sites for hydroxylation is 2. The summed E-state index contributed by atoms with van der Waals surface area (Å²) in [5.41, 5.74) is 13.1. The quantitative estimate of drug-likeness (QED) is 0.224. The molecule has 0 N–H and O–H groups in total. The van der Waals surface area contributed by atoms with Crippen LogP contribution in [0, 0.1) is 20.3 Å². The van der Waals surface area contributed by atoms with Gasteiger partial charge in [-0.05, 0) is 81.6 Å². The first kappa shape index (κ1) is 21.6. The zero-order chi connectivity index (χ0) is 21.1. The zero-order valence-corrected chi connectivity index (χ0v) is 20.9. The monoisotopic (exact) mass is 505 g/mol. The van der Waals surface area contributed by atoms with Crippen LogP contribution in [0.3, 0.4) is 0 Å². The predicted octanol–water partition coefficient (Wildman–Crippen LogP) is 8.60. The number of fused-ring (bicyclic) bond motifs is 3. The third kappa shape index (κ3) is 4.35. The Morgan fingerprint density at radius 1 is 0.533 bits per heavy atom. The molecule has 0 atom stereocenters. The second-order valence-electron chi connectivity index (χ2n) is 7.45. The van der Waals surface area contributed by atoms with Gasteiger partial charge in [-0.15, -0.1) is 0 Å². The van der Waals surface area contributed by atoms with Crippen molar-refractivity contribution in [3.05, 3.63) is 114 Å². The molecule has 0 bridgehead atoms. The summed E-state index contributed by atoms with van der Waals surface area (Å²) in [6, 6.07) is 30.9. The standard InChI is InChI=1S/C27H21.2ClH.Zr/c1-18-7-3-5-9-24(18)20-11-13-26-22(15-20)17-23-16-21(12-14-27(23)26)25-10-6-4-8-19(25)2;;;/h3-17H,1-2H3;2*1H;/q;;;+2/p-2. The SMILES string of the molecule is Cc1ccccc1-c1ccc2c(c1)[CH]c1cc(-c3ccccc3C)ccc1-2.[Cl][Zr][Cl]. The maximum atomic E-state index is 4.93. The fourth-order valence-electron chi connectivity index (χ4n) is 4.15. The molecule has 0 aliphatic heterocycles. The van der Waals surface area contributed by atoms with Crippen LogP contribution in [-0.2, 0) is 20.8 Å². The molecule has 0 unspecified atom stereocenters. The molecule has 3 heteroatoms. The van der Waals surface area contributed by atoms with Gasteiger partial charge in [-0.1, -0.05) is 72.8 Å². The van der Waals surface area contributed by atoms with Crippen molar-refractivity contribution < 1.29 is 20.8 Å². The van der Waals surface area contributed by atoms with Gasteiger partial charge in [-0.25, -0.2) is 0 Å². The summed E-state index contributed by atoms with van der Waals surface area (Å²) in [4.78, 5) is 0. The van der Waals surface area contributed by atoms with Crippen LogP contribution in [0.25, 0.3) is 33.4 Å². The van der Waals surface area contributed by atoms with Crippen LogP contribution in [0.15, 0.2) is 84.9 Å². The maximum absolute atomic E-state index is 4.93. The summed E-state index contributed by atoms with van der Waals surface area (Å²) in [5.74, 6) is 0. The summed E-state index contributed by atoms with van der Waals surface area (Å²) >= 11 is -0.826. The number of benzene rings is 4. The summed E-state index contributed by atoms with van der Waals surface area (Å²) < 4.78 is 0. The molecule has 30 heavy (non-hydrogen) atoms. The molecule has 0 amide bonds. The molecular formula is C27H21Cl2Zr. The Balaban J connectivity index is 0.000000687. The van der Waals surface area contributed by atoms with Gasteiger partial charge in [-0.2, -0.15) is 0 Å². The van der Waals surface area contributed by atoms with E-state index in [4.69, 9.17) is 17.0 Å². The van der Waals surface area contributed by atoms with E-state index in [0.717, 1.165) is 0 Å². The number of hydrogen-bond donors (Lipinski definition) is 0. The molecule has 0 aromatic heterocycles. The Kier molecular flexibility index (Phi) is 6.94. The minimum absolute atomic E-state index is 0.826. The molecule has 0 heterocycles. The van der Waals surface area contributed by atoms with E-state index in [1.165, 1.54) is 55.6 Å². The molecule has 1 aliphatic rings. The molecule has 0 nitrogen and oxygen atoms in total. The van der Waals surface area contributed by atoms with Gasteiger partial charge >= 0.3 is 37.9 Å². The van der Waals surface area contributed by atoms with E-state index in [0.29, 0.717) is 0 Å². The summed E-state index contributed by atoms with van der Waals surface area (Å²) in [7, 11) is 9.87. The molecular weight excluding hydrogens is 486 g/mol. The number of halogens is 2. The van der Waals surface area contributed by atoms with Crippen LogP contribution in [0.4, 0.5) is 0 Å². The van der Waals surface area contributed by atoms with Gasteiger partial charge in [0.1, 0.15) is 0 Å². The van der Waals surface area contributed by atoms with Gasteiger partial charge in [0.25, 0.3) is 0 Å². The first-order chi connectivity index (χ1) is 14.6. The molecule has 1 aliphatic carbocycles. The second-order valence-corrected chi connectivity index (χ2v) is 11.2. The van der Waals surface area contributed by atoms with Gasteiger partial charge in [0.2, 0.25) is 0 Å². The van der Waals surface area contributed by atoms with Crippen LogP contribution in [0.1, 0.15) is 22.3 Å². The van der Waals surface area contributed by atoms with Crippen LogP contribution in [0.5, 0.6) is 0 Å². The van der Waals surface area contributed by atoms with Crippen LogP contribution < -0.4 is 0 Å². The van der Waals surface area contributed by atoms with E-state index >= 15 is 0 Å². The Hall–Kier alpha value is -1.66.